The van der Waals surface area contributed by atoms with Gasteiger partial charge in [0.05, 0.1) is 17.0 Å². The molecule has 146 valence electrons. The number of fused-ring (bicyclic) bond motifs is 1. The van der Waals surface area contributed by atoms with Crippen molar-refractivity contribution in [3.63, 3.8) is 0 Å². The number of amides is 2. The third kappa shape index (κ3) is 4.49. The van der Waals surface area contributed by atoms with Gasteiger partial charge in [-0.05, 0) is 38.8 Å². The summed E-state index contributed by atoms with van der Waals surface area (Å²) >= 11 is 0. The number of benzene rings is 1. The lowest BCUT2D eigenvalue weighted by Crippen LogP contribution is -2.32. The number of carbonyl (C=O) groups is 2. The monoisotopic (exact) mass is 370 g/mol. The van der Waals surface area contributed by atoms with Crippen molar-refractivity contribution in [2.75, 3.05) is 20.1 Å². The Bertz CT molecular complexity index is 812. The molecule has 1 N–H and O–H groups in total. The summed E-state index contributed by atoms with van der Waals surface area (Å²) in [7, 11) is 1.75. The van der Waals surface area contributed by atoms with Crippen molar-refractivity contribution in [1.82, 2.24) is 19.8 Å². The average Bonchev–Trinajstić information content (AvgIpc) is 3.17. The molecule has 2 aromatic rings. The van der Waals surface area contributed by atoms with Gasteiger partial charge < -0.3 is 14.8 Å². The van der Waals surface area contributed by atoms with Crippen LogP contribution in [0.1, 0.15) is 51.4 Å². The van der Waals surface area contributed by atoms with E-state index >= 15 is 0 Å². The number of para-hydroxylation sites is 2. The lowest BCUT2D eigenvalue weighted by Gasteiger charge is -2.13. The summed E-state index contributed by atoms with van der Waals surface area (Å²) in [5.41, 5.74) is 2.26. The van der Waals surface area contributed by atoms with Crippen LogP contribution in [0, 0.1) is 5.92 Å². The van der Waals surface area contributed by atoms with Crippen molar-refractivity contribution in [2.45, 2.75) is 52.0 Å². The molecule has 1 aromatic carbocycles. The first-order chi connectivity index (χ1) is 13.0. The highest BCUT2D eigenvalue weighted by molar-refractivity contribution is 5.89. The second kappa shape index (κ2) is 8.55. The molecule has 27 heavy (non-hydrogen) atoms. The zero-order valence-electron chi connectivity index (χ0n) is 16.6. The molecule has 2 amide bonds. The van der Waals surface area contributed by atoms with Crippen molar-refractivity contribution < 1.29 is 9.59 Å². The van der Waals surface area contributed by atoms with Crippen molar-refractivity contribution in [3.05, 3.63) is 30.1 Å². The predicted molar refractivity (Wildman–Crippen MR) is 106 cm³/mol. The second-order valence-corrected chi connectivity index (χ2v) is 7.76. The van der Waals surface area contributed by atoms with E-state index < -0.39 is 0 Å². The van der Waals surface area contributed by atoms with Crippen LogP contribution >= 0.6 is 0 Å². The number of carbonyl (C=O) groups excluding carboxylic acids is 2. The summed E-state index contributed by atoms with van der Waals surface area (Å²) in [6.07, 6.45) is 4.34. The van der Waals surface area contributed by atoms with Crippen molar-refractivity contribution >= 4 is 22.8 Å². The number of nitrogens with zero attached hydrogens (tertiary/aromatic N) is 3. The number of likely N-dealkylation sites (tertiary alicyclic amines) is 1. The van der Waals surface area contributed by atoms with E-state index in [1.54, 1.807) is 11.9 Å². The number of aryl methyl sites for hydroxylation is 1. The molecular weight excluding hydrogens is 340 g/mol. The van der Waals surface area contributed by atoms with Crippen LogP contribution in [-0.2, 0) is 16.0 Å². The zero-order chi connectivity index (χ0) is 19.4. The first-order valence-electron chi connectivity index (χ1n) is 9.95. The maximum atomic E-state index is 12.1. The summed E-state index contributed by atoms with van der Waals surface area (Å²) in [5, 5.41) is 2.98. The van der Waals surface area contributed by atoms with E-state index in [9.17, 15) is 9.59 Å². The lowest BCUT2D eigenvalue weighted by molar-refractivity contribution is -0.128. The summed E-state index contributed by atoms with van der Waals surface area (Å²) in [5.74, 6) is 1.02. The Labute approximate surface area is 160 Å². The SMILES string of the molecule is CC(C)n1c(CCCCCNC(=O)[C@@H]2CC(=O)N(C)C2)nc2ccccc21. The molecule has 0 unspecified atom stereocenters. The van der Waals surface area contributed by atoms with Crippen LogP contribution in [0.4, 0.5) is 0 Å². The number of unbranched alkanes of at least 4 members (excludes halogenated alkanes) is 2. The lowest BCUT2D eigenvalue weighted by atomic mass is 10.1. The number of hydrogen-bond donors (Lipinski definition) is 1. The Morgan fingerprint density at radius 2 is 2.04 bits per heavy atom. The molecule has 0 bridgehead atoms. The first-order valence-corrected chi connectivity index (χ1v) is 9.95. The van der Waals surface area contributed by atoms with Gasteiger partial charge in [-0.3, -0.25) is 9.59 Å². The number of aromatic nitrogens is 2. The summed E-state index contributed by atoms with van der Waals surface area (Å²) < 4.78 is 2.32. The Morgan fingerprint density at radius 1 is 1.26 bits per heavy atom. The second-order valence-electron chi connectivity index (χ2n) is 7.76. The molecule has 0 radical (unpaired) electrons. The molecular formula is C21H30N4O2. The van der Waals surface area contributed by atoms with E-state index in [1.165, 1.54) is 5.52 Å². The number of nitrogens with one attached hydrogen (secondary N) is 1. The van der Waals surface area contributed by atoms with E-state index in [0.717, 1.165) is 37.0 Å². The fourth-order valence-electron chi connectivity index (χ4n) is 3.83. The summed E-state index contributed by atoms with van der Waals surface area (Å²) in [6.45, 7) is 5.60. The summed E-state index contributed by atoms with van der Waals surface area (Å²) in [4.78, 5) is 30.1. The minimum atomic E-state index is -0.187. The van der Waals surface area contributed by atoms with Crippen molar-refractivity contribution in [3.8, 4) is 0 Å². The van der Waals surface area contributed by atoms with Gasteiger partial charge in [-0.15, -0.1) is 0 Å². The molecule has 0 aliphatic carbocycles. The first kappa shape index (κ1) is 19.4. The largest absolute Gasteiger partial charge is 0.356 e. The predicted octanol–water partition coefficient (Wildman–Crippen LogP) is 2.92. The highest BCUT2D eigenvalue weighted by Gasteiger charge is 2.31. The minimum absolute atomic E-state index is 0.00861. The third-order valence-corrected chi connectivity index (χ3v) is 5.27. The molecule has 1 aliphatic heterocycles. The van der Waals surface area contributed by atoms with E-state index in [1.807, 2.05) is 6.07 Å². The van der Waals surface area contributed by atoms with E-state index in [-0.39, 0.29) is 17.7 Å². The number of imidazole rings is 1. The molecule has 0 saturated carbocycles. The van der Waals surface area contributed by atoms with Crippen LogP contribution in [-0.4, -0.2) is 46.4 Å². The van der Waals surface area contributed by atoms with E-state index in [2.05, 4.69) is 41.9 Å². The molecule has 6 heteroatoms. The van der Waals surface area contributed by atoms with Crippen LogP contribution in [0.2, 0.25) is 0 Å². The van der Waals surface area contributed by atoms with Gasteiger partial charge in [0.1, 0.15) is 5.82 Å². The van der Waals surface area contributed by atoms with E-state index in [0.29, 0.717) is 25.6 Å². The Kier molecular flexibility index (Phi) is 6.14. The molecule has 1 saturated heterocycles. The van der Waals surface area contributed by atoms with Crippen molar-refractivity contribution in [1.29, 1.82) is 0 Å². The molecule has 6 nitrogen and oxygen atoms in total. The molecule has 2 heterocycles. The van der Waals surface area contributed by atoms with E-state index in [4.69, 9.17) is 4.98 Å². The molecule has 1 fully saturated rings. The van der Waals surface area contributed by atoms with Crippen LogP contribution in [0.3, 0.4) is 0 Å². The quantitative estimate of drug-likeness (QED) is 0.727. The maximum Gasteiger partial charge on any atom is 0.225 e. The Balaban J connectivity index is 1.42. The van der Waals surface area contributed by atoms with Gasteiger partial charge in [0.2, 0.25) is 11.8 Å². The van der Waals surface area contributed by atoms with Gasteiger partial charge in [0, 0.05) is 39.0 Å². The molecule has 1 aliphatic rings. The molecule has 1 aromatic heterocycles. The van der Waals surface area contributed by atoms with Gasteiger partial charge in [0.15, 0.2) is 0 Å². The number of rotatable bonds is 8. The summed E-state index contributed by atoms with van der Waals surface area (Å²) in [6, 6.07) is 8.68. The minimum Gasteiger partial charge on any atom is -0.356 e. The van der Waals surface area contributed by atoms with Gasteiger partial charge in [0.25, 0.3) is 0 Å². The van der Waals surface area contributed by atoms with Crippen LogP contribution < -0.4 is 5.32 Å². The average molecular weight is 370 g/mol. The topological polar surface area (TPSA) is 67.2 Å². The smallest absolute Gasteiger partial charge is 0.225 e. The van der Waals surface area contributed by atoms with Crippen LogP contribution in [0.25, 0.3) is 11.0 Å². The van der Waals surface area contributed by atoms with Gasteiger partial charge in [-0.2, -0.15) is 0 Å². The highest BCUT2D eigenvalue weighted by Crippen LogP contribution is 2.22. The Hall–Kier alpha value is -2.37. The molecule has 3 rings (SSSR count). The highest BCUT2D eigenvalue weighted by atomic mass is 16.2. The van der Waals surface area contributed by atoms with Gasteiger partial charge >= 0.3 is 0 Å². The fourth-order valence-corrected chi connectivity index (χ4v) is 3.83. The molecule has 1 atom stereocenters. The van der Waals surface area contributed by atoms with Crippen LogP contribution in [0.5, 0.6) is 0 Å². The third-order valence-electron chi connectivity index (χ3n) is 5.27. The number of hydrogen-bond acceptors (Lipinski definition) is 3. The van der Waals surface area contributed by atoms with Gasteiger partial charge in [-0.25, -0.2) is 4.98 Å². The van der Waals surface area contributed by atoms with Gasteiger partial charge in [-0.1, -0.05) is 18.6 Å². The normalized spacial score (nSPS) is 17.3. The molecule has 0 spiro atoms. The van der Waals surface area contributed by atoms with Crippen LogP contribution in [0.15, 0.2) is 24.3 Å². The Morgan fingerprint density at radius 3 is 2.74 bits per heavy atom. The van der Waals surface area contributed by atoms with Crippen molar-refractivity contribution in [2.24, 2.45) is 5.92 Å². The standard InChI is InChI=1S/C21H30N4O2/c1-15(2)25-18-10-7-6-9-17(18)23-19(25)11-5-4-8-12-22-21(27)16-13-20(26)24(3)14-16/h6-7,9-10,15-16H,4-5,8,11-14H2,1-3H3,(H,22,27)/t16-/m1/s1. The fraction of sp³-hybridized carbons (Fsp3) is 0.571. The zero-order valence-corrected chi connectivity index (χ0v) is 16.6. The maximum absolute atomic E-state index is 12.1.